The molecule has 0 unspecified atom stereocenters. The molecule has 0 aromatic carbocycles. The van der Waals surface area contributed by atoms with Crippen molar-refractivity contribution < 1.29 is 4.79 Å². The Kier molecular flexibility index (Phi) is 3.35. The first kappa shape index (κ1) is 11.6. The van der Waals surface area contributed by atoms with Gasteiger partial charge in [0.1, 0.15) is 6.29 Å². The summed E-state index contributed by atoms with van der Waals surface area (Å²) < 4.78 is 2.08. The van der Waals surface area contributed by atoms with Crippen molar-refractivity contribution in [2.45, 2.75) is 13.8 Å². The zero-order valence-corrected chi connectivity index (χ0v) is 10.0. The summed E-state index contributed by atoms with van der Waals surface area (Å²) in [6.45, 7) is 4.12. The van der Waals surface area contributed by atoms with Gasteiger partial charge in [-0.25, -0.2) is 0 Å². The molecule has 0 amide bonds. The monoisotopic (exact) mass is 206 g/mol. The number of carbonyl (C=O) groups excluding carboxylic acids is 1. The fourth-order valence-electron chi connectivity index (χ4n) is 1.82. The molecule has 0 saturated carbocycles. The second kappa shape index (κ2) is 4.34. The molecular formula is C12H18N2O. The molecule has 0 fully saturated rings. The number of carbonyl (C=O) groups is 1. The van der Waals surface area contributed by atoms with E-state index in [0.29, 0.717) is 0 Å². The topological polar surface area (TPSA) is 25.2 Å². The van der Waals surface area contributed by atoms with Crippen molar-refractivity contribution >= 4 is 12.0 Å². The van der Waals surface area contributed by atoms with Gasteiger partial charge in [-0.15, -0.1) is 0 Å². The van der Waals surface area contributed by atoms with Crippen molar-refractivity contribution in [3.8, 4) is 0 Å². The van der Waals surface area contributed by atoms with Gasteiger partial charge in [0.05, 0.1) is 0 Å². The third-order valence-corrected chi connectivity index (χ3v) is 2.64. The fourth-order valence-corrected chi connectivity index (χ4v) is 1.82. The van der Waals surface area contributed by atoms with Gasteiger partial charge in [0.2, 0.25) is 0 Å². The lowest BCUT2D eigenvalue weighted by atomic mass is 10.1. The summed E-state index contributed by atoms with van der Waals surface area (Å²) in [5.74, 6) is 0. The van der Waals surface area contributed by atoms with Crippen LogP contribution in [-0.2, 0) is 11.8 Å². The largest absolute Gasteiger partial charge is 0.377 e. The number of aryl methyl sites for hydroxylation is 2. The van der Waals surface area contributed by atoms with E-state index in [9.17, 15) is 4.79 Å². The maximum absolute atomic E-state index is 10.6. The predicted octanol–water partition coefficient (Wildman–Crippen LogP) is 1.74. The Morgan fingerprint density at radius 2 is 2.00 bits per heavy atom. The molecule has 0 bridgehead atoms. The summed E-state index contributed by atoms with van der Waals surface area (Å²) in [7, 11) is 5.91. The Hall–Kier alpha value is -1.51. The Bertz CT molecular complexity index is 400. The third-order valence-electron chi connectivity index (χ3n) is 2.64. The minimum Gasteiger partial charge on any atom is -0.377 e. The summed E-state index contributed by atoms with van der Waals surface area (Å²) in [6.07, 6.45) is 4.52. The molecule has 1 heterocycles. The van der Waals surface area contributed by atoms with Crippen LogP contribution in [0.2, 0.25) is 0 Å². The van der Waals surface area contributed by atoms with Crippen molar-refractivity contribution in [3.05, 3.63) is 29.1 Å². The number of rotatable bonds is 3. The minimum absolute atomic E-state index is 0.835. The number of allylic oxidation sites excluding steroid dienone is 1. The number of aldehydes is 1. The second-order valence-electron chi connectivity index (χ2n) is 3.97. The first-order valence-corrected chi connectivity index (χ1v) is 4.94. The van der Waals surface area contributed by atoms with Gasteiger partial charge in [0.25, 0.3) is 0 Å². The van der Waals surface area contributed by atoms with Gasteiger partial charge in [0, 0.05) is 50.4 Å². The van der Waals surface area contributed by atoms with Crippen molar-refractivity contribution in [3.63, 3.8) is 0 Å². The van der Waals surface area contributed by atoms with Gasteiger partial charge >= 0.3 is 0 Å². The average molecular weight is 206 g/mol. The zero-order valence-electron chi connectivity index (χ0n) is 10.0. The van der Waals surface area contributed by atoms with Crippen LogP contribution in [0.3, 0.4) is 0 Å². The Labute approximate surface area is 91.0 Å². The fraction of sp³-hybridized carbons (Fsp3) is 0.417. The number of nitrogens with zero attached hydrogens (tertiary/aromatic N) is 2. The first-order valence-electron chi connectivity index (χ1n) is 4.94. The molecule has 3 heteroatoms. The number of aromatic nitrogens is 1. The van der Waals surface area contributed by atoms with Crippen LogP contribution in [0.4, 0.5) is 0 Å². The third kappa shape index (κ3) is 2.12. The van der Waals surface area contributed by atoms with Crippen LogP contribution in [-0.4, -0.2) is 29.8 Å². The lowest BCUT2D eigenvalue weighted by Crippen LogP contribution is -2.11. The Morgan fingerprint density at radius 3 is 2.33 bits per heavy atom. The van der Waals surface area contributed by atoms with E-state index in [1.54, 1.807) is 6.08 Å². The van der Waals surface area contributed by atoms with E-state index < -0.39 is 0 Å². The van der Waals surface area contributed by atoms with Gasteiger partial charge in [-0.1, -0.05) is 0 Å². The molecule has 1 aromatic rings. The molecule has 0 atom stereocenters. The van der Waals surface area contributed by atoms with Crippen molar-refractivity contribution in [1.29, 1.82) is 0 Å². The molecule has 0 radical (unpaired) electrons. The Balaban J connectivity index is 3.35. The molecule has 0 aliphatic rings. The molecule has 1 aromatic heterocycles. The molecule has 0 N–H and O–H groups in total. The highest BCUT2D eigenvalue weighted by Crippen LogP contribution is 2.25. The molecule has 0 aliphatic heterocycles. The molecule has 0 aliphatic carbocycles. The van der Waals surface area contributed by atoms with Gasteiger partial charge in [0.15, 0.2) is 0 Å². The molecular weight excluding hydrogens is 188 g/mol. The van der Waals surface area contributed by atoms with Crippen LogP contribution in [0.5, 0.6) is 0 Å². The standard InChI is InChI=1S/C12H18N2O/c1-9-8-14(5)10(2)12(9)11(6-7-15)13(3)4/h6-8H,1-5H3. The molecule has 15 heavy (non-hydrogen) atoms. The quantitative estimate of drug-likeness (QED) is 0.556. The first-order chi connectivity index (χ1) is 6.99. The van der Waals surface area contributed by atoms with Crippen LogP contribution in [0.15, 0.2) is 12.3 Å². The lowest BCUT2D eigenvalue weighted by molar-refractivity contribution is -0.104. The van der Waals surface area contributed by atoms with Gasteiger partial charge in [-0.3, -0.25) is 4.79 Å². The van der Waals surface area contributed by atoms with Crippen LogP contribution in [0.25, 0.3) is 5.70 Å². The molecule has 1 rings (SSSR count). The summed E-state index contributed by atoms with van der Waals surface area (Å²) in [6, 6.07) is 0. The zero-order chi connectivity index (χ0) is 11.6. The number of hydrogen-bond donors (Lipinski definition) is 0. The summed E-state index contributed by atoms with van der Waals surface area (Å²) in [5.41, 5.74) is 4.47. The lowest BCUT2D eigenvalue weighted by Gasteiger charge is -2.17. The van der Waals surface area contributed by atoms with Crippen LogP contribution < -0.4 is 0 Å². The molecule has 0 spiro atoms. The van der Waals surface area contributed by atoms with Crippen LogP contribution in [0.1, 0.15) is 16.8 Å². The normalized spacial score (nSPS) is 11.7. The van der Waals surface area contributed by atoms with Crippen LogP contribution in [0, 0.1) is 13.8 Å². The van der Waals surface area contributed by atoms with E-state index in [1.165, 1.54) is 11.3 Å². The van der Waals surface area contributed by atoms with E-state index in [-0.39, 0.29) is 0 Å². The van der Waals surface area contributed by atoms with E-state index in [1.807, 2.05) is 26.0 Å². The maximum Gasteiger partial charge on any atom is 0.144 e. The minimum atomic E-state index is 0.835. The van der Waals surface area contributed by atoms with Crippen molar-refractivity contribution in [2.75, 3.05) is 14.1 Å². The van der Waals surface area contributed by atoms with Crippen molar-refractivity contribution in [2.24, 2.45) is 7.05 Å². The summed E-state index contributed by atoms with van der Waals surface area (Å²) in [4.78, 5) is 12.6. The highest BCUT2D eigenvalue weighted by molar-refractivity contribution is 5.82. The van der Waals surface area contributed by atoms with Gasteiger partial charge in [-0.2, -0.15) is 0 Å². The summed E-state index contributed by atoms with van der Waals surface area (Å²) in [5, 5.41) is 0. The van der Waals surface area contributed by atoms with Gasteiger partial charge < -0.3 is 9.47 Å². The van der Waals surface area contributed by atoms with Crippen molar-refractivity contribution in [1.82, 2.24) is 9.47 Å². The second-order valence-corrected chi connectivity index (χ2v) is 3.97. The average Bonchev–Trinajstić information content (AvgIpc) is 2.38. The molecule has 82 valence electrons. The maximum atomic E-state index is 10.6. The highest BCUT2D eigenvalue weighted by atomic mass is 16.1. The van der Waals surface area contributed by atoms with E-state index in [2.05, 4.69) is 24.6 Å². The summed E-state index contributed by atoms with van der Waals surface area (Å²) >= 11 is 0. The van der Waals surface area contributed by atoms with E-state index in [4.69, 9.17) is 0 Å². The smallest absolute Gasteiger partial charge is 0.144 e. The number of hydrogen-bond acceptors (Lipinski definition) is 2. The predicted molar refractivity (Wildman–Crippen MR) is 62.6 cm³/mol. The molecule has 0 saturated heterocycles. The van der Waals surface area contributed by atoms with Crippen LogP contribution >= 0.6 is 0 Å². The SMILES string of the molecule is Cc1cn(C)c(C)c1C(=CC=O)N(C)C. The molecule has 3 nitrogen and oxygen atoms in total. The highest BCUT2D eigenvalue weighted by Gasteiger charge is 2.13. The Morgan fingerprint density at radius 1 is 1.40 bits per heavy atom. The van der Waals surface area contributed by atoms with E-state index >= 15 is 0 Å². The van der Waals surface area contributed by atoms with Gasteiger partial charge in [-0.05, 0) is 19.4 Å². The van der Waals surface area contributed by atoms with E-state index in [0.717, 1.165) is 17.5 Å².